The van der Waals surface area contributed by atoms with Crippen LogP contribution >= 0.6 is 0 Å². The summed E-state index contributed by atoms with van der Waals surface area (Å²) in [4.78, 5) is 38.6. The lowest BCUT2D eigenvalue weighted by atomic mass is 10.0. The van der Waals surface area contributed by atoms with Crippen LogP contribution in [0.1, 0.15) is 74.1 Å². The Hall–Kier alpha value is -1.43. The Balaban J connectivity index is -0.00000104. The minimum atomic E-state index is -0.440. The van der Waals surface area contributed by atoms with E-state index in [2.05, 4.69) is 19.2 Å². The van der Waals surface area contributed by atoms with Gasteiger partial charge in [-0.2, -0.15) is 0 Å². The molecule has 2 amide bonds. The van der Waals surface area contributed by atoms with E-state index in [0.717, 1.165) is 19.1 Å². The van der Waals surface area contributed by atoms with Gasteiger partial charge in [0.15, 0.2) is 0 Å². The van der Waals surface area contributed by atoms with Crippen molar-refractivity contribution in [2.45, 2.75) is 86.2 Å². The summed E-state index contributed by atoms with van der Waals surface area (Å²) in [5, 5.41) is 2.67. The molecule has 0 aromatic heterocycles. The highest BCUT2D eigenvalue weighted by atomic mass is 16.2. The number of nitrogens with zero attached hydrogens (tertiary/aromatic N) is 2. The van der Waals surface area contributed by atoms with Crippen molar-refractivity contribution in [2.24, 2.45) is 5.92 Å². The van der Waals surface area contributed by atoms with E-state index < -0.39 is 6.04 Å². The molecule has 0 aromatic rings. The van der Waals surface area contributed by atoms with E-state index in [1.165, 1.54) is 11.3 Å². The first-order chi connectivity index (χ1) is 12.7. The van der Waals surface area contributed by atoms with Gasteiger partial charge in [0.05, 0.1) is 18.6 Å². The number of amides is 2. The highest BCUT2D eigenvalue weighted by molar-refractivity contribution is 5.88. The number of hydrogen-bond acceptors (Lipinski definition) is 4. The van der Waals surface area contributed by atoms with Crippen LogP contribution in [0.3, 0.4) is 0 Å². The Morgan fingerprint density at radius 2 is 1.52 bits per heavy atom. The van der Waals surface area contributed by atoms with Crippen LogP contribution in [0.15, 0.2) is 0 Å². The van der Waals surface area contributed by atoms with Gasteiger partial charge >= 0.3 is 0 Å². The quantitative estimate of drug-likeness (QED) is 0.584. The molecule has 0 saturated heterocycles. The lowest BCUT2D eigenvalue weighted by Gasteiger charge is -2.26. The summed E-state index contributed by atoms with van der Waals surface area (Å²) in [6, 6.07) is -0.676. The van der Waals surface area contributed by atoms with Crippen LogP contribution < -0.4 is 5.32 Å². The largest absolute Gasteiger partial charge is 0.346 e. The molecule has 6 heteroatoms. The molecule has 27 heavy (non-hydrogen) atoms. The van der Waals surface area contributed by atoms with Gasteiger partial charge < -0.3 is 15.0 Å². The molecular formula is C21H45N3O3. The van der Waals surface area contributed by atoms with E-state index in [9.17, 15) is 14.4 Å². The molecule has 1 N–H and O–H groups in total. The van der Waals surface area contributed by atoms with Crippen LogP contribution in [0.25, 0.3) is 0 Å². The highest BCUT2D eigenvalue weighted by Crippen LogP contribution is 2.08. The highest BCUT2D eigenvalue weighted by Gasteiger charge is 2.23. The zero-order valence-electron chi connectivity index (χ0n) is 19.5. The number of likely N-dealkylation sites (N-methyl/N-ethyl adjacent to an activating group) is 2. The molecule has 0 aliphatic heterocycles. The number of aldehydes is 1. The van der Waals surface area contributed by atoms with E-state index in [1.54, 1.807) is 7.05 Å². The topological polar surface area (TPSA) is 69.7 Å². The Labute approximate surface area is 168 Å². The molecule has 162 valence electrons. The summed E-state index contributed by atoms with van der Waals surface area (Å²) in [5.41, 5.74) is 0. The second-order valence-corrected chi connectivity index (χ2v) is 7.03. The van der Waals surface area contributed by atoms with Crippen molar-refractivity contribution in [2.75, 3.05) is 27.7 Å². The number of carbonyl (C=O) groups is 3. The van der Waals surface area contributed by atoms with Crippen molar-refractivity contribution in [3.8, 4) is 0 Å². The second kappa shape index (κ2) is 19.3. The third-order valence-corrected chi connectivity index (χ3v) is 3.66. The van der Waals surface area contributed by atoms with Crippen LogP contribution in [0, 0.1) is 5.92 Å². The fourth-order valence-corrected chi connectivity index (χ4v) is 2.28. The van der Waals surface area contributed by atoms with Gasteiger partial charge in [-0.25, -0.2) is 0 Å². The van der Waals surface area contributed by atoms with Gasteiger partial charge in [0.2, 0.25) is 11.8 Å². The molecule has 0 radical (unpaired) electrons. The molecule has 0 bridgehead atoms. The van der Waals surface area contributed by atoms with E-state index in [1.807, 2.05) is 53.6 Å². The second-order valence-electron chi connectivity index (χ2n) is 7.03. The molecule has 0 aliphatic carbocycles. The van der Waals surface area contributed by atoms with Crippen molar-refractivity contribution >= 4 is 18.1 Å². The zero-order chi connectivity index (χ0) is 22.0. The molecule has 2 atom stereocenters. The van der Waals surface area contributed by atoms with E-state index in [4.69, 9.17) is 0 Å². The lowest BCUT2D eigenvalue weighted by Crippen LogP contribution is -2.48. The molecule has 0 aromatic carbocycles. The maximum atomic E-state index is 12.1. The van der Waals surface area contributed by atoms with Crippen molar-refractivity contribution in [1.29, 1.82) is 0 Å². The zero-order valence-corrected chi connectivity index (χ0v) is 19.5. The van der Waals surface area contributed by atoms with Gasteiger partial charge in [-0.15, -0.1) is 0 Å². The minimum absolute atomic E-state index is 0.0776. The smallest absolute Gasteiger partial charge is 0.242 e. The molecule has 0 aliphatic rings. The summed E-state index contributed by atoms with van der Waals surface area (Å²) >= 11 is 0. The summed E-state index contributed by atoms with van der Waals surface area (Å²) < 4.78 is 0. The molecular weight excluding hydrogens is 342 g/mol. The normalized spacial score (nSPS) is 12.1. The van der Waals surface area contributed by atoms with Gasteiger partial charge in [-0.3, -0.25) is 14.5 Å². The third-order valence-electron chi connectivity index (χ3n) is 3.66. The van der Waals surface area contributed by atoms with E-state index in [-0.39, 0.29) is 24.4 Å². The molecule has 0 saturated carbocycles. The summed E-state index contributed by atoms with van der Waals surface area (Å²) in [7, 11) is 5.29. The molecule has 6 nitrogen and oxygen atoms in total. The van der Waals surface area contributed by atoms with Gasteiger partial charge in [0.1, 0.15) is 6.29 Å². The maximum Gasteiger partial charge on any atom is 0.242 e. The number of carbonyl (C=O) groups excluding carboxylic acids is 3. The monoisotopic (exact) mass is 387 g/mol. The van der Waals surface area contributed by atoms with E-state index >= 15 is 0 Å². The van der Waals surface area contributed by atoms with Gasteiger partial charge in [0, 0.05) is 7.05 Å². The van der Waals surface area contributed by atoms with Crippen molar-refractivity contribution < 1.29 is 14.4 Å². The average Bonchev–Trinajstić information content (AvgIpc) is 2.63. The Kier molecular flexibility index (Phi) is 21.7. The van der Waals surface area contributed by atoms with Crippen LogP contribution in [0.5, 0.6) is 0 Å². The molecule has 0 heterocycles. The first-order valence-corrected chi connectivity index (χ1v) is 10.3. The molecule has 0 fully saturated rings. The molecule has 0 spiro atoms. The first-order valence-electron chi connectivity index (χ1n) is 10.3. The van der Waals surface area contributed by atoms with E-state index in [0.29, 0.717) is 12.3 Å². The van der Waals surface area contributed by atoms with Crippen LogP contribution in [0.4, 0.5) is 0 Å². The van der Waals surface area contributed by atoms with Gasteiger partial charge in [0.25, 0.3) is 0 Å². The Morgan fingerprint density at radius 3 is 1.85 bits per heavy atom. The predicted molar refractivity (Wildman–Crippen MR) is 115 cm³/mol. The average molecular weight is 388 g/mol. The van der Waals surface area contributed by atoms with Crippen LogP contribution in [-0.4, -0.2) is 67.7 Å². The minimum Gasteiger partial charge on any atom is -0.346 e. The van der Waals surface area contributed by atoms with Gasteiger partial charge in [-0.05, 0) is 32.9 Å². The summed E-state index contributed by atoms with van der Waals surface area (Å²) in [5.74, 6) is -0.0806. The predicted octanol–water partition coefficient (Wildman–Crippen LogP) is 3.35. The van der Waals surface area contributed by atoms with Crippen LogP contribution in [0.2, 0.25) is 0 Å². The molecule has 1 unspecified atom stereocenters. The number of rotatable bonds is 10. The van der Waals surface area contributed by atoms with Crippen molar-refractivity contribution in [3.05, 3.63) is 0 Å². The summed E-state index contributed by atoms with van der Waals surface area (Å²) in [6.45, 7) is 14.2. The fourth-order valence-electron chi connectivity index (χ4n) is 2.28. The SMILES string of the molecule is CC.CCC.CCCC(C(=O)NCC(=O)N(C)[C@H](C=O)CC(C)C)N(C)C. The van der Waals surface area contributed by atoms with Crippen LogP contribution in [-0.2, 0) is 14.4 Å². The first kappa shape index (κ1) is 30.3. The Bertz CT molecular complexity index is 385. The maximum absolute atomic E-state index is 12.1. The third kappa shape index (κ3) is 15.3. The summed E-state index contributed by atoms with van der Waals surface area (Å²) in [6.07, 6.45) is 4.30. The van der Waals surface area contributed by atoms with Gasteiger partial charge in [-0.1, -0.05) is 61.3 Å². The lowest BCUT2D eigenvalue weighted by molar-refractivity contribution is -0.136. The standard InChI is InChI=1S/C16H31N3O3.C3H8.C2H6/c1-7-8-14(18(4)5)16(22)17-10-15(21)19(6)13(11-20)9-12(2)3;1-3-2;1-2/h11-14H,7-10H2,1-6H3,(H,17,22);3H2,1-2H3;1-2H3/t13-,14?;;/m0../s1. The van der Waals surface area contributed by atoms with Crippen molar-refractivity contribution in [3.63, 3.8) is 0 Å². The Morgan fingerprint density at radius 1 is 1.04 bits per heavy atom. The number of nitrogens with one attached hydrogen (secondary N) is 1. The fraction of sp³-hybridized carbons (Fsp3) is 0.857. The van der Waals surface area contributed by atoms with Crippen molar-refractivity contribution in [1.82, 2.24) is 15.1 Å². The molecule has 0 rings (SSSR count). The number of hydrogen-bond donors (Lipinski definition) is 1.